The van der Waals surface area contributed by atoms with Gasteiger partial charge in [0.05, 0.1) is 0 Å². The van der Waals surface area contributed by atoms with Crippen molar-refractivity contribution in [2.45, 2.75) is 19.8 Å². The van der Waals surface area contributed by atoms with Gasteiger partial charge in [0.15, 0.2) is 0 Å². The van der Waals surface area contributed by atoms with Crippen LogP contribution in [-0.2, 0) is 4.74 Å². The van der Waals surface area contributed by atoms with Crippen LogP contribution in [-0.4, -0.2) is 38.0 Å². The van der Waals surface area contributed by atoms with E-state index >= 15 is 0 Å². The van der Waals surface area contributed by atoms with Crippen LogP contribution in [0.25, 0.3) is 0 Å². The van der Waals surface area contributed by atoms with Gasteiger partial charge < -0.3 is 15.2 Å². The molecule has 3 heteroatoms. The van der Waals surface area contributed by atoms with Crippen LogP contribution in [0, 0.1) is 11.8 Å². The minimum atomic E-state index is 0.305. The van der Waals surface area contributed by atoms with Gasteiger partial charge in [-0.2, -0.15) is 0 Å². The molecule has 1 heterocycles. The van der Waals surface area contributed by atoms with Gasteiger partial charge in [0.25, 0.3) is 0 Å². The van der Waals surface area contributed by atoms with Crippen LogP contribution >= 0.6 is 0 Å². The molecule has 0 aromatic carbocycles. The molecule has 13 heavy (non-hydrogen) atoms. The number of hydrogen-bond acceptors (Lipinski definition) is 3. The zero-order valence-corrected chi connectivity index (χ0v) is 8.46. The first-order valence-corrected chi connectivity index (χ1v) is 5.27. The second kappa shape index (κ2) is 6.35. The molecular weight excluding hydrogens is 166 g/mol. The third-order valence-electron chi connectivity index (χ3n) is 2.81. The SMILES string of the molecule is CCNCCC(CO)C1CCOC1. The highest BCUT2D eigenvalue weighted by molar-refractivity contribution is 4.73. The molecule has 2 N–H and O–H groups in total. The molecule has 0 amide bonds. The average molecular weight is 187 g/mol. The van der Waals surface area contributed by atoms with E-state index in [0.29, 0.717) is 18.4 Å². The van der Waals surface area contributed by atoms with Crippen molar-refractivity contribution in [1.29, 1.82) is 0 Å². The van der Waals surface area contributed by atoms with E-state index in [2.05, 4.69) is 12.2 Å². The molecule has 1 aliphatic heterocycles. The van der Waals surface area contributed by atoms with Gasteiger partial charge in [0.1, 0.15) is 0 Å². The predicted molar refractivity (Wildman–Crippen MR) is 52.7 cm³/mol. The quantitative estimate of drug-likeness (QED) is 0.599. The molecule has 3 nitrogen and oxygen atoms in total. The molecule has 0 bridgehead atoms. The van der Waals surface area contributed by atoms with E-state index in [1.165, 1.54) is 0 Å². The fourth-order valence-corrected chi connectivity index (χ4v) is 1.86. The van der Waals surface area contributed by atoms with Crippen LogP contribution in [0.3, 0.4) is 0 Å². The number of hydrogen-bond donors (Lipinski definition) is 2. The van der Waals surface area contributed by atoms with Crippen LogP contribution in [0.4, 0.5) is 0 Å². The summed E-state index contributed by atoms with van der Waals surface area (Å²) in [5.74, 6) is 1.02. The van der Waals surface area contributed by atoms with Crippen molar-refractivity contribution in [2.24, 2.45) is 11.8 Å². The second-order valence-corrected chi connectivity index (χ2v) is 3.71. The van der Waals surface area contributed by atoms with E-state index in [1.54, 1.807) is 0 Å². The van der Waals surface area contributed by atoms with Gasteiger partial charge in [0.2, 0.25) is 0 Å². The van der Waals surface area contributed by atoms with Gasteiger partial charge >= 0.3 is 0 Å². The van der Waals surface area contributed by atoms with Gasteiger partial charge in [-0.3, -0.25) is 0 Å². The maximum Gasteiger partial charge on any atom is 0.0498 e. The van der Waals surface area contributed by atoms with Crippen molar-refractivity contribution in [2.75, 3.05) is 32.9 Å². The summed E-state index contributed by atoms with van der Waals surface area (Å²) < 4.78 is 5.31. The Hall–Kier alpha value is -0.120. The highest BCUT2D eigenvalue weighted by atomic mass is 16.5. The topological polar surface area (TPSA) is 41.5 Å². The van der Waals surface area contributed by atoms with Gasteiger partial charge in [-0.1, -0.05) is 6.92 Å². The molecule has 0 saturated carbocycles. The zero-order valence-electron chi connectivity index (χ0n) is 8.46. The molecule has 2 atom stereocenters. The fraction of sp³-hybridized carbons (Fsp3) is 1.00. The normalized spacial score (nSPS) is 24.9. The molecule has 0 spiro atoms. The smallest absolute Gasteiger partial charge is 0.0498 e. The number of aliphatic hydroxyl groups excluding tert-OH is 1. The summed E-state index contributed by atoms with van der Waals surface area (Å²) in [6.45, 7) is 6.16. The molecule has 0 aromatic heterocycles. The first-order valence-electron chi connectivity index (χ1n) is 5.27. The monoisotopic (exact) mass is 187 g/mol. The van der Waals surface area contributed by atoms with Gasteiger partial charge in [-0.15, -0.1) is 0 Å². The Morgan fingerprint density at radius 1 is 1.62 bits per heavy atom. The van der Waals surface area contributed by atoms with E-state index in [0.717, 1.165) is 39.1 Å². The van der Waals surface area contributed by atoms with E-state index in [4.69, 9.17) is 4.74 Å². The highest BCUT2D eigenvalue weighted by Gasteiger charge is 2.24. The van der Waals surface area contributed by atoms with Crippen LogP contribution in [0.5, 0.6) is 0 Å². The summed E-state index contributed by atoms with van der Waals surface area (Å²) in [5, 5.41) is 12.5. The second-order valence-electron chi connectivity index (χ2n) is 3.71. The molecule has 0 radical (unpaired) electrons. The summed E-state index contributed by atoms with van der Waals surface area (Å²) in [7, 11) is 0. The molecule has 0 aliphatic carbocycles. The largest absolute Gasteiger partial charge is 0.396 e. The lowest BCUT2D eigenvalue weighted by molar-refractivity contribution is 0.134. The Labute approximate surface area is 80.5 Å². The Morgan fingerprint density at radius 3 is 3.00 bits per heavy atom. The first kappa shape index (κ1) is 11.0. The van der Waals surface area contributed by atoms with E-state index in [9.17, 15) is 5.11 Å². The number of rotatable bonds is 6. The fourth-order valence-electron chi connectivity index (χ4n) is 1.86. The summed E-state index contributed by atoms with van der Waals surface area (Å²) >= 11 is 0. The predicted octanol–water partition coefficient (Wildman–Crippen LogP) is 0.631. The molecule has 2 unspecified atom stereocenters. The first-order chi connectivity index (χ1) is 6.38. The zero-order chi connectivity index (χ0) is 9.52. The third-order valence-corrected chi connectivity index (χ3v) is 2.81. The number of nitrogens with one attached hydrogen (secondary N) is 1. The van der Waals surface area contributed by atoms with Crippen LogP contribution in [0.2, 0.25) is 0 Å². The standard InChI is InChI=1S/C10H21NO2/c1-2-11-5-3-9(7-12)10-4-6-13-8-10/h9-12H,2-8H2,1H3. The molecule has 78 valence electrons. The molecule has 1 rings (SSSR count). The Morgan fingerprint density at radius 2 is 2.46 bits per heavy atom. The van der Waals surface area contributed by atoms with E-state index in [1.807, 2.05) is 0 Å². The Bertz CT molecular complexity index is 124. The minimum absolute atomic E-state index is 0.305. The molecule has 1 saturated heterocycles. The van der Waals surface area contributed by atoms with Crippen LogP contribution in [0.15, 0.2) is 0 Å². The van der Waals surface area contributed by atoms with Crippen molar-refractivity contribution in [3.8, 4) is 0 Å². The van der Waals surface area contributed by atoms with Crippen molar-refractivity contribution >= 4 is 0 Å². The third kappa shape index (κ3) is 3.63. The van der Waals surface area contributed by atoms with E-state index < -0.39 is 0 Å². The highest BCUT2D eigenvalue weighted by Crippen LogP contribution is 2.23. The lowest BCUT2D eigenvalue weighted by Gasteiger charge is -2.19. The molecule has 0 aromatic rings. The van der Waals surface area contributed by atoms with Crippen molar-refractivity contribution < 1.29 is 9.84 Å². The minimum Gasteiger partial charge on any atom is -0.396 e. The van der Waals surface area contributed by atoms with Gasteiger partial charge in [-0.25, -0.2) is 0 Å². The lowest BCUT2D eigenvalue weighted by Crippen LogP contribution is -2.24. The van der Waals surface area contributed by atoms with Crippen LogP contribution < -0.4 is 5.32 Å². The Balaban J connectivity index is 2.16. The number of aliphatic hydroxyl groups is 1. The Kier molecular flexibility index (Phi) is 5.35. The van der Waals surface area contributed by atoms with Crippen molar-refractivity contribution in [3.63, 3.8) is 0 Å². The summed E-state index contributed by atoms with van der Waals surface area (Å²) in [6, 6.07) is 0. The van der Waals surface area contributed by atoms with Crippen LogP contribution in [0.1, 0.15) is 19.8 Å². The maximum absolute atomic E-state index is 9.20. The van der Waals surface area contributed by atoms with Crippen molar-refractivity contribution in [3.05, 3.63) is 0 Å². The van der Waals surface area contributed by atoms with Gasteiger partial charge in [-0.05, 0) is 37.8 Å². The van der Waals surface area contributed by atoms with Gasteiger partial charge in [0, 0.05) is 19.8 Å². The van der Waals surface area contributed by atoms with Crippen molar-refractivity contribution in [1.82, 2.24) is 5.32 Å². The lowest BCUT2D eigenvalue weighted by atomic mass is 9.89. The molecule has 1 fully saturated rings. The molecular formula is C10H21NO2. The maximum atomic E-state index is 9.20. The summed E-state index contributed by atoms with van der Waals surface area (Å²) in [4.78, 5) is 0. The average Bonchev–Trinajstić information content (AvgIpc) is 2.65. The summed E-state index contributed by atoms with van der Waals surface area (Å²) in [5.41, 5.74) is 0. The molecule has 1 aliphatic rings. The summed E-state index contributed by atoms with van der Waals surface area (Å²) in [6.07, 6.45) is 2.19. The number of ether oxygens (including phenoxy) is 1. The van der Waals surface area contributed by atoms with E-state index in [-0.39, 0.29) is 0 Å².